The molecule has 0 aliphatic carbocycles. The zero-order valence-corrected chi connectivity index (χ0v) is 11.3. The highest BCUT2D eigenvalue weighted by atomic mass is 15.4. The molecule has 2 heterocycles. The second-order valence-corrected chi connectivity index (χ2v) is 5.00. The summed E-state index contributed by atoms with van der Waals surface area (Å²) in [5, 5.41) is 0. The minimum absolute atomic E-state index is 0.531. The SMILES string of the molecule is CCc1nc(-c2ccc3c(c2)CCN3C)c(N)n1N. The second-order valence-electron chi connectivity index (χ2n) is 5.00. The van der Waals surface area contributed by atoms with Gasteiger partial charge in [-0.15, -0.1) is 0 Å². The van der Waals surface area contributed by atoms with Gasteiger partial charge in [0.15, 0.2) is 5.82 Å². The van der Waals surface area contributed by atoms with Crippen LogP contribution in [0.2, 0.25) is 0 Å². The summed E-state index contributed by atoms with van der Waals surface area (Å²) in [5.74, 6) is 7.25. The van der Waals surface area contributed by atoms with Crippen molar-refractivity contribution in [1.82, 2.24) is 9.66 Å². The predicted molar refractivity (Wildman–Crippen MR) is 78.6 cm³/mol. The first-order chi connectivity index (χ1) is 9.11. The lowest BCUT2D eigenvalue weighted by Gasteiger charge is -2.11. The van der Waals surface area contributed by atoms with E-state index in [0.29, 0.717) is 5.82 Å². The standard InChI is InChI=1S/C14H19N5/c1-3-12-17-13(14(15)19(12)16)10-4-5-11-9(8-10)6-7-18(11)2/h4-5,8H,3,6-7,15-16H2,1-2H3. The number of hydrogen-bond donors (Lipinski definition) is 2. The van der Waals surface area contributed by atoms with Crippen molar-refractivity contribution in [2.75, 3.05) is 30.1 Å². The largest absolute Gasteiger partial charge is 0.382 e. The van der Waals surface area contributed by atoms with Crippen molar-refractivity contribution in [3.8, 4) is 11.3 Å². The number of nitrogens with zero attached hydrogens (tertiary/aromatic N) is 3. The molecule has 0 radical (unpaired) electrons. The van der Waals surface area contributed by atoms with Crippen LogP contribution in [0, 0.1) is 0 Å². The van der Waals surface area contributed by atoms with E-state index in [9.17, 15) is 0 Å². The molecular formula is C14H19N5. The average Bonchev–Trinajstić information content (AvgIpc) is 2.92. The van der Waals surface area contributed by atoms with Gasteiger partial charge < -0.3 is 16.5 Å². The van der Waals surface area contributed by atoms with Gasteiger partial charge in [0.25, 0.3) is 0 Å². The van der Waals surface area contributed by atoms with E-state index in [4.69, 9.17) is 11.6 Å². The molecule has 0 saturated heterocycles. The van der Waals surface area contributed by atoms with Gasteiger partial charge >= 0.3 is 0 Å². The molecule has 5 heteroatoms. The van der Waals surface area contributed by atoms with Crippen LogP contribution in [0.5, 0.6) is 0 Å². The van der Waals surface area contributed by atoms with Gasteiger partial charge in [-0.2, -0.15) is 0 Å². The fraction of sp³-hybridized carbons (Fsp3) is 0.357. The Labute approximate surface area is 112 Å². The van der Waals surface area contributed by atoms with E-state index >= 15 is 0 Å². The lowest BCUT2D eigenvalue weighted by Crippen LogP contribution is -2.14. The van der Waals surface area contributed by atoms with Crippen LogP contribution in [0.25, 0.3) is 11.3 Å². The number of anilines is 2. The van der Waals surface area contributed by atoms with Crippen LogP contribution in [0.3, 0.4) is 0 Å². The van der Waals surface area contributed by atoms with Gasteiger partial charge in [0.1, 0.15) is 11.5 Å². The monoisotopic (exact) mass is 257 g/mol. The van der Waals surface area contributed by atoms with Crippen LogP contribution in [0.4, 0.5) is 11.5 Å². The van der Waals surface area contributed by atoms with E-state index in [0.717, 1.165) is 36.5 Å². The Hall–Kier alpha value is -2.17. The highest BCUT2D eigenvalue weighted by molar-refractivity contribution is 5.75. The summed E-state index contributed by atoms with van der Waals surface area (Å²) in [5.41, 5.74) is 10.5. The highest BCUT2D eigenvalue weighted by Crippen LogP contribution is 2.33. The average molecular weight is 257 g/mol. The highest BCUT2D eigenvalue weighted by Gasteiger charge is 2.19. The van der Waals surface area contributed by atoms with E-state index in [1.807, 2.05) is 6.92 Å². The van der Waals surface area contributed by atoms with Crippen molar-refractivity contribution >= 4 is 11.5 Å². The minimum Gasteiger partial charge on any atom is -0.382 e. The number of nitrogens with two attached hydrogens (primary N) is 2. The molecule has 2 aromatic rings. The molecule has 0 spiro atoms. The molecule has 0 fully saturated rings. The van der Waals surface area contributed by atoms with Gasteiger partial charge in [0, 0.05) is 31.3 Å². The van der Waals surface area contributed by atoms with Gasteiger partial charge in [-0.1, -0.05) is 13.0 Å². The number of fused-ring (bicyclic) bond motifs is 1. The molecular weight excluding hydrogens is 238 g/mol. The Morgan fingerprint density at radius 2 is 2.16 bits per heavy atom. The summed E-state index contributed by atoms with van der Waals surface area (Å²) in [4.78, 5) is 6.81. The number of benzene rings is 1. The van der Waals surface area contributed by atoms with Crippen LogP contribution < -0.4 is 16.5 Å². The first kappa shape index (κ1) is 11.9. The molecule has 0 saturated carbocycles. The molecule has 0 unspecified atom stereocenters. The first-order valence-corrected chi connectivity index (χ1v) is 6.58. The minimum atomic E-state index is 0.531. The molecule has 5 nitrogen and oxygen atoms in total. The maximum absolute atomic E-state index is 6.05. The third-order valence-electron chi connectivity index (χ3n) is 3.82. The van der Waals surface area contributed by atoms with Crippen LogP contribution in [-0.2, 0) is 12.8 Å². The molecule has 4 N–H and O–H groups in total. The van der Waals surface area contributed by atoms with E-state index in [1.165, 1.54) is 15.9 Å². The number of rotatable bonds is 2. The zero-order valence-electron chi connectivity index (χ0n) is 11.3. The van der Waals surface area contributed by atoms with Crippen molar-refractivity contribution in [2.45, 2.75) is 19.8 Å². The molecule has 0 bridgehead atoms. The third kappa shape index (κ3) is 1.73. The summed E-state index contributed by atoms with van der Waals surface area (Å²) in [6.07, 6.45) is 1.85. The summed E-state index contributed by atoms with van der Waals surface area (Å²) in [6.45, 7) is 3.09. The number of nitrogen functional groups attached to an aromatic ring is 2. The molecule has 1 aromatic carbocycles. The van der Waals surface area contributed by atoms with Crippen LogP contribution in [0.15, 0.2) is 18.2 Å². The molecule has 0 atom stereocenters. The van der Waals surface area contributed by atoms with E-state index in [2.05, 4.69) is 35.1 Å². The third-order valence-corrected chi connectivity index (χ3v) is 3.82. The Kier molecular flexibility index (Phi) is 2.62. The normalized spacial score (nSPS) is 13.9. The lowest BCUT2D eigenvalue weighted by molar-refractivity contribution is 0.865. The van der Waals surface area contributed by atoms with Gasteiger partial charge in [0.2, 0.25) is 0 Å². The van der Waals surface area contributed by atoms with Crippen molar-refractivity contribution in [3.05, 3.63) is 29.6 Å². The number of aryl methyl sites for hydroxylation is 1. The molecule has 100 valence electrons. The summed E-state index contributed by atoms with van der Waals surface area (Å²) < 4.78 is 1.48. The Bertz CT molecular complexity index is 629. The molecule has 19 heavy (non-hydrogen) atoms. The van der Waals surface area contributed by atoms with Crippen LogP contribution in [-0.4, -0.2) is 23.3 Å². The van der Waals surface area contributed by atoms with E-state index in [-0.39, 0.29) is 0 Å². The van der Waals surface area contributed by atoms with Gasteiger partial charge in [-0.05, 0) is 24.1 Å². The maximum Gasteiger partial charge on any atom is 0.150 e. The molecule has 1 aromatic heterocycles. The van der Waals surface area contributed by atoms with Crippen molar-refractivity contribution < 1.29 is 0 Å². The number of aromatic nitrogens is 2. The van der Waals surface area contributed by atoms with Gasteiger partial charge in [-0.25, -0.2) is 9.66 Å². The summed E-state index contributed by atoms with van der Waals surface area (Å²) in [7, 11) is 2.11. The van der Waals surface area contributed by atoms with Crippen molar-refractivity contribution in [2.24, 2.45) is 0 Å². The number of imidazole rings is 1. The van der Waals surface area contributed by atoms with Gasteiger partial charge in [0.05, 0.1) is 0 Å². The van der Waals surface area contributed by atoms with Crippen molar-refractivity contribution in [3.63, 3.8) is 0 Å². The Morgan fingerprint density at radius 1 is 1.37 bits per heavy atom. The second kappa shape index (κ2) is 4.19. The quantitative estimate of drug-likeness (QED) is 0.798. The molecule has 1 aliphatic rings. The maximum atomic E-state index is 6.05. The molecule has 3 rings (SSSR count). The van der Waals surface area contributed by atoms with E-state index < -0.39 is 0 Å². The van der Waals surface area contributed by atoms with E-state index in [1.54, 1.807) is 0 Å². The summed E-state index contributed by atoms with van der Waals surface area (Å²) >= 11 is 0. The zero-order chi connectivity index (χ0) is 13.6. The van der Waals surface area contributed by atoms with Gasteiger partial charge in [-0.3, -0.25) is 0 Å². The first-order valence-electron chi connectivity index (χ1n) is 6.58. The number of likely N-dealkylation sites (N-methyl/N-ethyl adjacent to an activating group) is 1. The van der Waals surface area contributed by atoms with Crippen molar-refractivity contribution in [1.29, 1.82) is 0 Å². The Morgan fingerprint density at radius 3 is 2.84 bits per heavy atom. The topological polar surface area (TPSA) is 73.1 Å². The Balaban J connectivity index is 2.08. The molecule has 1 aliphatic heterocycles. The number of hydrogen-bond acceptors (Lipinski definition) is 4. The lowest BCUT2D eigenvalue weighted by atomic mass is 10.1. The molecule has 0 amide bonds. The predicted octanol–water partition coefficient (Wildman–Crippen LogP) is 1.40. The van der Waals surface area contributed by atoms with Crippen LogP contribution in [0.1, 0.15) is 18.3 Å². The fourth-order valence-corrected chi connectivity index (χ4v) is 2.67. The fourth-order valence-electron chi connectivity index (χ4n) is 2.67. The smallest absolute Gasteiger partial charge is 0.150 e. The van der Waals surface area contributed by atoms with Crippen LogP contribution >= 0.6 is 0 Å². The summed E-state index contributed by atoms with van der Waals surface area (Å²) in [6, 6.07) is 6.38.